The van der Waals surface area contributed by atoms with Crippen molar-refractivity contribution in [3.05, 3.63) is 34.9 Å². The number of hydrogen-bond donors (Lipinski definition) is 1. The van der Waals surface area contributed by atoms with Crippen molar-refractivity contribution >= 4 is 0 Å². The molecule has 16 heavy (non-hydrogen) atoms. The Morgan fingerprint density at radius 1 is 1.19 bits per heavy atom. The molecule has 1 aromatic carbocycles. The molecule has 0 unspecified atom stereocenters. The lowest BCUT2D eigenvalue weighted by atomic mass is 9.84. The zero-order chi connectivity index (χ0) is 12.1. The van der Waals surface area contributed by atoms with E-state index in [0.717, 1.165) is 6.42 Å². The fraction of sp³-hybridized carbons (Fsp3) is 0.600. The van der Waals surface area contributed by atoms with Gasteiger partial charge in [-0.2, -0.15) is 0 Å². The van der Waals surface area contributed by atoms with Gasteiger partial charge in [0.25, 0.3) is 0 Å². The number of benzene rings is 1. The topological polar surface area (TPSA) is 26.0 Å². The third-order valence-electron chi connectivity index (χ3n) is 3.42. The Morgan fingerprint density at radius 3 is 2.44 bits per heavy atom. The highest BCUT2D eigenvalue weighted by atomic mass is 14.6. The molecule has 0 heterocycles. The van der Waals surface area contributed by atoms with E-state index in [4.69, 9.17) is 5.73 Å². The predicted molar refractivity (Wildman–Crippen MR) is 71.8 cm³/mol. The van der Waals surface area contributed by atoms with Crippen molar-refractivity contribution in [1.29, 1.82) is 0 Å². The first-order valence-electron chi connectivity index (χ1n) is 6.42. The van der Waals surface area contributed by atoms with Gasteiger partial charge >= 0.3 is 0 Å². The van der Waals surface area contributed by atoms with Crippen molar-refractivity contribution in [2.75, 3.05) is 0 Å². The maximum Gasteiger partial charge on any atom is 0.0105 e. The fourth-order valence-electron chi connectivity index (χ4n) is 2.36. The van der Waals surface area contributed by atoms with Gasteiger partial charge in [-0.1, -0.05) is 44.0 Å². The van der Waals surface area contributed by atoms with Gasteiger partial charge in [-0.15, -0.1) is 0 Å². The molecule has 1 nitrogen and oxygen atoms in total. The lowest BCUT2D eigenvalue weighted by Crippen LogP contribution is -2.28. The average molecular weight is 219 g/mol. The van der Waals surface area contributed by atoms with Gasteiger partial charge in [0.1, 0.15) is 0 Å². The van der Waals surface area contributed by atoms with E-state index in [0.29, 0.717) is 12.0 Å². The molecule has 0 aliphatic rings. The van der Waals surface area contributed by atoms with Gasteiger partial charge in [0.2, 0.25) is 0 Å². The van der Waals surface area contributed by atoms with Crippen molar-refractivity contribution in [2.24, 2.45) is 5.73 Å². The Hall–Kier alpha value is -0.820. The van der Waals surface area contributed by atoms with Crippen LogP contribution >= 0.6 is 0 Å². The molecule has 2 atom stereocenters. The highest BCUT2D eigenvalue weighted by Gasteiger charge is 2.19. The van der Waals surface area contributed by atoms with E-state index in [2.05, 4.69) is 45.9 Å². The van der Waals surface area contributed by atoms with Crippen LogP contribution in [0.4, 0.5) is 0 Å². The summed E-state index contributed by atoms with van der Waals surface area (Å²) in [6.45, 7) is 8.77. The predicted octanol–water partition coefficient (Wildman–Crippen LogP) is 3.92. The van der Waals surface area contributed by atoms with Gasteiger partial charge in [0, 0.05) is 6.04 Å². The van der Waals surface area contributed by atoms with E-state index in [9.17, 15) is 0 Å². The number of aryl methyl sites for hydroxylation is 2. The fourth-order valence-corrected chi connectivity index (χ4v) is 2.36. The van der Waals surface area contributed by atoms with Crippen molar-refractivity contribution in [3.63, 3.8) is 0 Å². The molecular weight excluding hydrogens is 194 g/mol. The second kappa shape index (κ2) is 6.05. The van der Waals surface area contributed by atoms with Crippen LogP contribution in [0, 0.1) is 13.8 Å². The lowest BCUT2D eigenvalue weighted by Gasteiger charge is -2.25. The Balaban J connectivity index is 3.04. The number of rotatable bonds is 5. The minimum absolute atomic E-state index is 0.292. The standard InChI is InChI=1S/C15H25N/c1-5-7-13(15(16)6-2)14-10-11(3)8-9-12(14)4/h8-10,13,15H,5-7,16H2,1-4H3/t13-,15+/m0/s1. The maximum atomic E-state index is 6.25. The maximum absolute atomic E-state index is 6.25. The summed E-state index contributed by atoms with van der Waals surface area (Å²) in [7, 11) is 0. The van der Waals surface area contributed by atoms with Gasteiger partial charge in [0.05, 0.1) is 0 Å². The molecule has 90 valence electrons. The molecule has 1 heteroatoms. The normalized spacial score (nSPS) is 14.8. The van der Waals surface area contributed by atoms with Gasteiger partial charge in [-0.05, 0) is 43.7 Å². The average Bonchev–Trinajstić information content (AvgIpc) is 2.28. The van der Waals surface area contributed by atoms with Crippen LogP contribution in [-0.2, 0) is 0 Å². The number of nitrogens with two attached hydrogens (primary N) is 1. The second-order valence-electron chi connectivity index (χ2n) is 4.83. The highest BCUT2D eigenvalue weighted by molar-refractivity contribution is 5.34. The van der Waals surface area contributed by atoms with Crippen LogP contribution in [0.5, 0.6) is 0 Å². The van der Waals surface area contributed by atoms with Crippen LogP contribution in [0.25, 0.3) is 0 Å². The van der Waals surface area contributed by atoms with Crippen LogP contribution in [-0.4, -0.2) is 6.04 Å². The Bertz CT molecular complexity index is 330. The molecule has 0 saturated carbocycles. The molecule has 2 N–H and O–H groups in total. The summed E-state index contributed by atoms with van der Waals surface area (Å²) in [5.41, 5.74) is 10.4. The molecule has 0 aliphatic carbocycles. The molecule has 1 rings (SSSR count). The zero-order valence-corrected chi connectivity index (χ0v) is 11.1. The minimum atomic E-state index is 0.292. The van der Waals surface area contributed by atoms with Crippen LogP contribution in [0.15, 0.2) is 18.2 Å². The molecule has 0 radical (unpaired) electrons. The van der Waals surface area contributed by atoms with E-state index in [-0.39, 0.29) is 0 Å². The first-order valence-corrected chi connectivity index (χ1v) is 6.42. The second-order valence-corrected chi connectivity index (χ2v) is 4.83. The smallest absolute Gasteiger partial charge is 0.0105 e. The summed E-state index contributed by atoms with van der Waals surface area (Å²) in [6.07, 6.45) is 3.45. The summed E-state index contributed by atoms with van der Waals surface area (Å²) in [5, 5.41) is 0. The van der Waals surface area contributed by atoms with Crippen molar-refractivity contribution < 1.29 is 0 Å². The summed E-state index contributed by atoms with van der Waals surface area (Å²) in [5.74, 6) is 0.523. The summed E-state index contributed by atoms with van der Waals surface area (Å²) >= 11 is 0. The van der Waals surface area contributed by atoms with Crippen LogP contribution in [0.2, 0.25) is 0 Å². The molecule has 0 bridgehead atoms. The Morgan fingerprint density at radius 2 is 1.88 bits per heavy atom. The molecule has 1 aromatic rings. The van der Waals surface area contributed by atoms with Crippen LogP contribution < -0.4 is 5.73 Å². The van der Waals surface area contributed by atoms with Crippen LogP contribution in [0.3, 0.4) is 0 Å². The molecule has 0 saturated heterocycles. The van der Waals surface area contributed by atoms with Crippen molar-refractivity contribution in [2.45, 2.75) is 58.9 Å². The van der Waals surface area contributed by atoms with Crippen molar-refractivity contribution in [1.82, 2.24) is 0 Å². The van der Waals surface area contributed by atoms with E-state index in [1.807, 2.05) is 0 Å². The lowest BCUT2D eigenvalue weighted by molar-refractivity contribution is 0.481. The summed E-state index contributed by atoms with van der Waals surface area (Å²) < 4.78 is 0. The minimum Gasteiger partial charge on any atom is -0.327 e. The first kappa shape index (κ1) is 13.2. The molecule has 0 amide bonds. The summed E-state index contributed by atoms with van der Waals surface area (Å²) in [6, 6.07) is 7.00. The molecule has 0 aromatic heterocycles. The zero-order valence-electron chi connectivity index (χ0n) is 11.1. The van der Waals surface area contributed by atoms with E-state index < -0.39 is 0 Å². The molecule has 0 fully saturated rings. The SMILES string of the molecule is CCC[C@@H](c1cc(C)ccc1C)[C@H](N)CC. The first-order chi connectivity index (χ1) is 7.60. The largest absolute Gasteiger partial charge is 0.327 e. The number of hydrogen-bond acceptors (Lipinski definition) is 1. The van der Waals surface area contributed by atoms with Crippen molar-refractivity contribution in [3.8, 4) is 0 Å². The van der Waals surface area contributed by atoms with Gasteiger partial charge in [-0.25, -0.2) is 0 Å². The quantitative estimate of drug-likeness (QED) is 0.798. The Kier molecular flexibility index (Phi) is 5.01. The monoisotopic (exact) mass is 219 g/mol. The van der Waals surface area contributed by atoms with E-state index in [1.165, 1.54) is 29.5 Å². The van der Waals surface area contributed by atoms with Gasteiger partial charge < -0.3 is 5.73 Å². The molecule has 0 spiro atoms. The third-order valence-corrected chi connectivity index (χ3v) is 3.42. The summed E-state index contributed by atoms with van der Waals surface area (Å²) in [4.78, 5) is 0. The highest BCUT2D eigenvalue weighted by Crippen LogP contribution is 2.28. The molecular formula is C15H25N. The van der Waals surface area contributed by atoms with Gasteiger partial charge in [-0.3, -0.25) is 0 Å². The van der Waals surface area contributed by atoms with E-state index in [1.54, 1.807) is 0 Å². The van der Waals surface area contributed by atoms with Gasteiger partial charge in [0.15, 0.2) is 0 Å². The third kappa shape index (κ3) is 3.08. The molecule has 0 aliphatic heterocycles. The Labute approximate surface area is 100 Å². The van der Waals surface area contributed by atoms with Crippen LogP contribution in [0.1, 0.15) is 55.7 Å². The van der Waals surface area contributed by atoms with E-state index >= 15 is 0 Å².